The third-order valence-corrected chi connectivity index (χ3v) is 8.10. The van der Waals surface area contributed by atoms with E-state index in [0.29, 0.717) is 55.1 Å². The number of hydrogen-bond donors (Lipinski definition) is 0. The third-order valence-electron chi connectivity index (χ3n) is 7.33. The molecule has 204 valence electrons. The highest BCUT2D eigenvalue weighted by Gasteiger charge is 2.45. The van der Waals surface area contributed by atoms with Crippen LogP contribution >= 0.6 is 11.3 Å². The van der Waals surface area contributed by atoms with Crippen molar-refractivity contribution in [2.45, 2.75) is 47.3 Å². The van der Waals surface area contributed by atoms with Crippen molar-refractivity contribution < 1.29 is 14.0 Å². The molecule has 0 bridgehead atoms. The Morgan fingerprint density at radius 3 is 2.56 bits per heavy atom. The molecule has 0 saturated carbocycles. The van der Waals surface area contributed by atoms with Crippen LogP contribution in [0, 0.1) is 12.3 Å². The topological polar surface area (TPSA) is 91.9 Å². The van der Waals surface area contributed by atoms with Gasteiger partial charge in [-0.05, 0) is 57.5 Å². The second-order valence-corrected chi connectivity index (χ2v) is 11.5. The summed E-state index contributed by atoms with van der Waals surface area (Å²) in [5.41, 5.74) is 3.65. The van der Waals surface area contributed by atoms with Gasteiger partial charge in [-0.2, -0.15) is 0 Å². The van der Waals surface area contributed by atoms with Gasteiger partial charge in [0, 0.05) is 57.0 Å². The fraction of sp³-hybridized carbons (Fsp3) is 0.379. The quantitative estimate of drug-likeness (QED) is 0.303. The summed E-state index contributed by atoms with van der Waals surface area (Å²) in [4.78, 5) is 50.4. The second kappa shape index (κ2) is 10.4. The van der Waals surface area contributed by atoms with Crippen molar-refractivity contribution in [1.29, 1.82) is 0 Å². The zero-order valence-electron chi connectivity index (χ0n) is 22.9. The van der Waals surface area contributed by atoms with Gasteiger partial charge in [-0.25, -0.2) is 0 Å². The average Bonchev–Trinajstić information content (AvgIpc) is 3.56. The molecule has 1 aliphatic heterocycles. The Labute approximate surface area is 231 Å². The van der Waals surface area contributed by atoms with Crippen molar-refractivity contribution in [3.05, 3.63) is 74.8 Å². The standard InChI is InChI=1S/C29H33N5O4S/c1-6-34-23-8-7-20(14-24(23)31(5)27(36)29(3,4)28(34)37)16-32(17-21-15-30-18-39-21)11-12-33-10-9-25-22(26(33)35)13-19(2)38-25/h7-10,13-15,18H,6,11-12,16-17H2,1-5H3. The van der Waals surface area contributed by atoms with Crippen molar-refractivity contribution in [3.8, 4) is 0 Å². The SMILES string of the molecule is CCN1C(=O)C(C)(C)C(=O)N(C)c2cc(CN(CCn3ccc4oc(C)cc4c3=O)Cc3cncs3)ccc21. The number of carbonyl (C=O) groups is 2. The van der Waals surface area contributed by atoms with Gasteiger partial charge in [0.25, 0.3) is 5.56 Å². The average molecular weight is 548 g/mol. The molecule has 0 atom stereocenters. The number of aryl methyl sites for hydroxylation is 1. The van der Waals surface area contributed by atoms with E-state index >= 15 is 0 Å². The Morgan fingerprint density at radius 1 is 1.05 bits per heavy atom. The third kappa shape index (κ3) is 5.02. The van der Waals surface area contributed by atoms with E-state index in [0.717, 1.165) is 16.1 Å². The fourth-order valence-corrected chi connectivity index (χ4v) is 5.82. The van der Waals surface area contributed by atoms with Gasteiger partial charge in [0.15, 0.2) is 0 Å². The summed E-state index contributed by atoms with van der Waals surface area (Å²) in [5, 5.41) is 0.584. The molecule has 0 unspecified atom stereocenters. The van der Waals surface area contributed by atoms with E-state index in [4.69, 9.17) is 4.42 Å². The van der Waals surface area contributed by atoms with Crippen LogP contribution in [-0.2, 0) is 29.2 Å². The van der Waals surface area contributed by atoms with E-state index < -0.39 is 5.41 Å². The maximum absolute atomic E-state index is 13.3. The van der Waals surface area contributed by atoms with Crippen LogP contribution in [0.5, 0.6) is 0 Å². The molecule has 10 heteroatoms. The molecule has 5 rings (SSSR count). The van der Waals surface area contributed by atoms with Gasteiger partial charge in [-0.3, -0.25) is 24.3 Å². The lowest BCUT2D eigenvalue weighted by Gasteiger charge is -2.27. The molecule has 1 aliphatic rings. The number of thiazole rings is 1. The zero-order chi connectivity index (χ0) is 27.9. The first-order valence-electron chi connectivity index (χ1n) is 13.0. The molecular formula is C29H33N5O4S. The highest BCUT2D eigenvalue weighted by atomic mass is 32.1. The Morgan fingerprint density at radius 2 is 1.85 bits per heavy atom. The summed E-state index contributed by atoms with van der Waals surface area (Å²) in [5.74, 6) is 0.285. The van der Waals surface area contributed by atoms with Crippen LogP contribution in [0.2, 0.25) is 0 Å². The van der Waals surface area contributed by atoms with E-state index in [1.165, 1.54) is 0 Å². The molecule has 0 N–H and O–H groups in total. The predicted molar refractivity (Wildman–Crippen MR) is 153 cm³/mol. The highest BCUT2D eigenvalue weighted by Crippen LogP contribution is 2.39. The van der Waals surface area contributed by atoms with Gasteiger partial charge in [-0.1, -0.05) is 6.07 Å². The molecule has 2 amide bonds. The summed E-state index contributed by atoms with van der Waals surface area (Å²) in [6, 6.07) is 9.55. The summed E-state index contributed by atoms with van der Waals surface area (Å²) in [6.45, 7) is 10.00. The summed E-state index contributed by atoms with van der Waals surface area (Å²) in [6.07, 6.45) is 3.64. The summed E-state index contributed by atoms with van der Waals surface area (Å²) < 4.78 is 7.32. The number of rotatable bonds is 8. The molecule has 39 heavy (non-hydrogen) atoms. The normalized spacial score (nSPS) is 15.3. The molecule has 0 saturated heterocycles. The van der Waals surface area contributed by atoms with E-state index in [2.05, 4.69) is 9.88 Å². The first kappa shape index (κ1) is 26.8. The molecule has 0 spiro atoms. The summed E-state index contributed by atoms with van der Waals surface area (Å²) >= 11 is 1.59. The smallest absolute Gasteiger partial charge is 0.261 e. The van der Waals surface area contributed by atoms with Gasteiger partial charge in [0.1, 0.15) is 16.8 Å². The Bertz CT molecular complexity index is 1590. The number of fused-ring (bicyclic) bond motifs is 2. The molecule has 9 nitrogen and oxygen atoms in total. The number of hydrogen-bond acceptors (Lipinski definition) is 7. The molecule has 4 aromatic rings. The Hall–Kier alpha value is -3.76. The molecule has 0 aliphatic carbocycles. The van der Waals surface area contributed by atoms with Crippen molar-refractivity contribution in [3.63, 3.8) is 0 Å². The summed E-state index contributed by atoms with van der Waals surface area (Å²) in [7, 11) is 1.73. The molecule has 4 heterocycles. The first-order valence-corrected chi connectivity index (χ1v) is 13.9. The number of benzene rings is 1. The molecule has 0 fully saturated rings. The monoisotopic (exact) mass is 547 g/mol. The Kier molecular flexibility index (Phi) is 7.17. The number of furan rings is 1. The van der Waals surface area contributed by atoms with Crippen LogP contribution in [0.3, 0.4) is 0 Å². The fourth-order valence-electron chi connectivity index (χ4n) is 5.19. The van der Waals surface area contributed by atoms with E-state index in [1.807, 2.05) is 49.8 Å². The van der Waals surface area contributed by atoms with E-state index in [9.17, 15) is 14.4 Å². The maximum Gasteiger partial charge on any atom is 0.261 e. The number of amides is 2. The minimum atomic E-state index is -1.15. The molecule has 1 aromatic carbocycles. The number of nitrogens with zero attached hydrogens (tertiary/aromatic N) is 5. The Balaban J connectivity index is 1.43. The second-order valence-electron chi connectivity index (χ2n) is 10.5. The highest BCUT2D eigenvalue weighted by molar-refractivity contribution is 7.09. The van der Waals surface area contributed by atoms with Crippen LogP contribution in [0.4, 0.5) is 11.4 Å². The number of carbonyl (C=O) groups excluding carboxylic acids is 2. The first-order chi connectivity index (χ1) is 18.6. The van der Waals surface area contributed by atoms with Crippen molar-refractivity contribution in [1.82, 2.24) is 14.5 Å². The van der Waals surface area contributed by atoms with Gasteiger partial charge >= 0.3 is 0 Å². The lowest BCUT2D eigenvalue weighted by atomic mass is 9.90. The zero-order valence-corrected chi connectivity index (χ0v) is 23.7. The number of anilines is 2. The molecule has 3 aromatic heterocycles. The van der Waals surface area contributed by atoms with Crippen LogP contribution in [-0.4, -0.2) is 46.4 Å². The van der Waals surface area contributed by atoms with Crippen molar-refractivity contribution in [2.75, 3.05) is 29.9 Å². The lowest BCUT2D eigenvalue weighted by molar-refractivity contribution is -0.137. The van der Waals surface area contributed by atoms with Crippen LogP contribution in [0.15, 0.2) is 57.4 Å². The minimum absolute atomic E-state index is 0.0702. The van der Waals surface area contributed by atoms with Gasteiger partial charge in [0.2, 0.25) is 11.8 Å². The van der Waals surface area contributed by atoms with Crippen molar-refractivity contribution in [2.24, 2.45) is 5.41 Å². The van der Waals surface area contributed by atoms with Crippen LogP contribution < -0.4 is 15.4 Å². The van der Waals surface area contributed by atoms with E-state index in [-0.39, 0.29) is 17.4 Å². The molecular weight excluding hydrogens is 514 g/mol. The lowest BCUT2D eigenvalue weighted by Crippen LogP contribution is -2.47. The van der Waals surface area contributed by atoms with Gasteiger partial charge in [-0.15, -0.1) is 11.3 Å². The van der Waals surface area contributed by atoms with Crippen LogP contribution in [0.25, 0.3) is 11.0 Å². The van der Waals surface area contributed by atoms with Crippen LogP contribution in [0.1, 0.15) is 37.0 Å². The number of pyridine rings is 1. The number of aromatic nitrogens is 2. The largest absolute Gasteiger partial charge is 0.461 e. The predicted octanol–water partition coefficient (Wildman–Crippen LogP) is 4.42. The van der Waals surface area contributed by atoms with E-state index in [1.54, 1.807) is 58.9 Å². The minimum Gasteiger partial charge on any atom is -0.461 e. The molecule has 0 radical (unpaired) electrons. The van der Waals surface area contributed by atoms with Gasteiger partial charge < -0.3 is 18.8 Å². The maximum atomic E-state index is 13.3. The van der Waals surface area contributed by atoms with Gasteiger partial charge in [0.05, 0.1) is 22.3 Å². The van der Waals surface area contributed by atoms with Crippen molar-refractivity contribution >= 4 is 45.5 Å².